The molecule has 0 aliphatic carbocycles. The normalized spacial score (nSPS) is 18.4. The fourth-order valence-electron chi connectivity index (χ4n) is 3.06. The van der Waals surface area contributed by atoms with E-state index in [1.807, 2.05) is 4.90 Å². The van der Waals surface area contributed by atoms with Gasteiger partial charge < -0.3 is 24.4 Å². The van der Waals surface area contributed by atoms with Crippen LogP contribution in [0.4, 0.5) is 0 Å². The van der Waals surface area contributed by atoms with Gasteiger partial charge in [0.1, 0.15) is 6.61 Å². The Hall–Kier alpha value is -1.79. The van der Waals surface area contributed by atoms with Gasteiger partial charge in [-0.05, 0) is 51.6 Å². The van der Waals surface area contributed by atoms with Crippen LogP contribution in [0.1, 0.15) is 29.6 Å². The second kappa shape index (κ2) is 8.89. The monoisotopic (exact) mass is 336 g/mol. The van der Waals surface area contributed by atoms with Crippen LogP contribution in [-0.4, -0.2) is 74.4 Å². The Morgan fingerprint density at radius 2 is 2.08 bits per heavy atom. The minimum Gasteiger partial charge on any atom is -0.493 e. The summed E-state index contributed by atoms with van der Waals surface area (Å²) in [6.07, 6.45) is 3.12. The molecule has 0 radical (unpaired) electrons. The van der Waals surface area contributed by atoms with Gasteiger partial charge in [-0.15, -0.1) is 0 Å². The predicted molar refractivity (Wildman–Crippen MR) is 92.8 cm³/mol. The fraction of sp³-hybridized carbons (Fsp3) is 0.611. The van der Waals surface area contributed by atoms with Crippen LogP contribution >= 0.6 is 0 Å². The van der Waals surface area contributed by atoms with Crippen molar-refractivity contribution in [2.45, 2.75) is 25.3 Å². The highest BCUT2D eigenvalue weighted by atomic mass is 16.5. The van der Waals surface area contributed by atoms with Crippen LogP contribution in [0.2, 0.25) is 0 Å². The summed E-state index contributed by atoms with van der Waals surface area (Å²) in [5.41, 5.74) is 0.590. The Labute approximate surface area is 144 Å². The summed E-state index contributed by atoms with van der Waals surface area (Å²) in [6, 6.07) is 5.73. The maximum atomic E-state index is 12.8. The van der Waals surface area contributed by atoms with E-state index in [2.05, 4.69) is 19.0 Å². The van der Waals surface area contributed by atoms with Gasteiger partial charge >= 0.3 is 0 Å². The lowest BCUT2D eigenvalue weighted by Crippen LogP contribution is -2.33. The van der Waals surface area contributed by atoms with Crippen molar-refractivity contribution in [3.63, 3.8) is 0 Å². The van der Waals surface area contributed by atoms with Crippen LogP contribution < -0.4 is 9.47 Å². The molecule has 1 saturated heterocycles. The summed E-state index contributed by atoms with van der Waals surface area (Å²) in [6.45, 7) is 1.63. The van der Waals surface area contributed by atoms with Crippen molar-refractivity contribution in [2.75, 3.05) is 47.5 Å². The summed E-state index contributed by atoms with van der Waals surface area (Å²) < 4.78 is 10.7. The minimum atomic E-state index is -0.0840. The number of aliphatic hydroxyl groups excluding tert-OH is 1. The number of ether oxygens (including phenoxy) is 2. The number of rotatable bonds is 6. The third-order valence-corrected chi connectivity index (χ3v) is 4.47. The standard InChI is InChI=1S/C18H28N2O4/c1-19(2)15-5-4-9-20(10-8-15)18(22)14-6-7-16(23-3)17(13-14)24-12-11-21/h6-7,13,15,21H,4-5,8-12H2,1-3H3. The molecule has 1 aliphatic heterocycles. The first-order valence-corrected chi connectivity index (χ1v) is 8.44. The zero-order valence-corrected chi connectivity index (χ0v) is 14.8. The molecule has 1 heterocycles. The number of methoxy groups -OCH3 is 1. The van der Waals surface area contributed by atoms with Crippen molar-refractivity contribution in [1.29, 1.82) is 0 Å². The summed E-state index contributed by atoms with van der Waals surface area (Å²) in [4.78, 5) is 17.0. The van der Waals surface area contributed by atoms with Crippen molar-refractivity contribution < 1.29 is 19.4 Å². The third-order valence-electron chi connectivity index (χ3n) is 4.47. The van der Waals surface area contributed by atoms with Crippen molar-refractivity contribution in [2.24, 2.45) is 0 Å². The molecule has 1 atom stereocenters. The van der Waals surface area contributed by atoms with Crippen LogP contribution in [0.5, 0.6) is 11.5 Å². The average molecular weight is 336 g/mol. The van der Waals surface area contributed by atoms with Crippen LogP contribution in [0.15, 0.2) is 18.2 Å². The maximum absolute atomic E-state index is 12.8. The lowest BCUT2D eigenvalue weighted by Gasteiger charge is -2.23. The first kappa shape index (κ1) is 18.5. The van der Waals surface area contributed by atoms with Crippen LogP contribution in [0.25, 0.3) is 0 Å². The molecular weight excluding hydrogens is 308 g/mol. The molecule has 0 aromatic heterocycles. The van der Waals surface area contributed by atoms with Gasteiger partial charge in [-0.3, -0.25) is 4.79 Å². The van der Waals surface area contributed by atoms with Crippen molar-refractivity contribution in [3.8, 4) is 11.5 Å². The topological polar surface area (TPSA) is 62.2 Å². The number of likely N-dealkylation sites (tertiary alicyclic amines) is 1. The van der Waals surface area contributed by atoms with Crippen molar-refractivity contribution >= 4 is 5.91 Å². The van der Waals surface area contributed by atoms with Gasteiger partial charge in [0.2, 0.25) is 0 Å². The molecule has 0 bridgehead atoms. The molecule has 134 valence electrons. The molecule has 6 heteroatoms. The smallest absolute Gasteiger partial charge is 0.253 e. The number of amides is 1. The summed E-state index contributed by atoms with van der Waals surface area (Å²) in [5.74, 6) is 1.06. The number of aliphatic hydroxyl groups is 1. The summed E-state index contributed by atoms with van der Waals surface area (Å²) in [7, 11) is 5.74. The molecule has 1 N–H and O–H groups in total. The molecule has 1 aromatic rings. The van der Waals surface area contributed by atoms with Gasteiger partial charge in [0.05, 0.1) is 13.7 Å². The first-order valence-electron chi connectivity index (χ1n) is 8.44. The van der Waals surface area contributed by atoms with E-state index in [0.29, 0.717) is 23.1 Å². The molecule has 1 aromatic carbocycles. The van der Waals surface area contributed by atoms with E-state index in [4.69, 9.17) is 14.6 Å². The lowest BCUT2D eigenvalue weighted by molar-refractivity contribution is 0.0758. The van der Waals surface area contributed by atoms with E-state index >= 15 is 0 Å². The third kappa shape index (κ3) is 4.61. The Morgan fingerprint density at radius 1 is 1.29 bits per heavy atom. The van der Waals surface area contributed by atoms with Gasteiger partial charge in [0.25, 0.3) is 5.91 Å². The molecule has 2 rings (SSSR count). The number of carbonyl (C=O) groups is 1. The minimum absolute atomic E-state index is 0.0194. The van der Waals surface area contributed by atoms with Crippen molar-refractivity contribution in [3.05, 3.63) is 23.8 Å². The first-order chi connectivity index (χ1) is 11.6. The molecule has 6 nitrogen and oxygen atoms in total. The molecule has 0 saturated carbocycles. The van der Waals surface area contributed by atoms with Crippen LogP contribution in [-0.2, 0) is 0 Å². The SMILES string of the molecule is COc1ccc(C(=O)N2CCCC(N(C)C)CC2)cc1OCCO. The van der Waals surface area contributed by atoms with Gasteiger partial charge in [0, 0.05) is 24.7 Å². The predicted octanol–water partition coefficient (Wildman–Crippen LogP) is 1.62. The number of hydrogen-bond acceptors (Lipinski definition) is 5. The molecule has 0 spiro atoms. The van der Waals surface area contributed by atoms with Crippen LogP contribution in [0.3, 0.4) is 0 Å². The largest absolute Gasteiger partial charge is 0.493 e. The molecule has 1 unspecified atom stereocenters. The summed E-state index contributed by atoms with van der Waals surface area (Å²) >= 11 is 0. The van der Waals surface area contributed by atoms with Gasteiger partial charge in [-0.25, -0.2) is 0 Å². The Balaban J connectivity index is 2.11. The van der Waals surface area contributed by atoms with Gasteiger partial charge in [-0.1, -0.05) is 0 Å². The van der Waals surface area contributed by atoms with E-state index in [-0.39, 0.29) is 19.1 Å². The van der Waals surface area contributed by atoms with Gasteiger partial charge in [0.15, 0.2) is 11.5 Å². The highest BCUT2D eigenvalue weighted by Crippen LogP contribution is 2.29. The Morgan fingerprint density at radius 3 is 2.75 bits per heavy atom. The number of carbonyl (C=O) groups excluding carboxylic acids is 1. The Bertz CT molecular complexity index is 548. The van der Waals surface area contributed by atoms with E-state index in [1.54, 1.807) is 25.3 Å². The number of nitrogens with zero attached hydrogens (tertiary/aromatic N) is 2. The molecule has 1 aliphatic rings. The summed E-state index contributed by atoms with van der Waals surface area (Å²) in [5, 5.41) is 8.93. The second-order valence-corrected chi connectivity index (χ2v) is 6.28. The highest BCUT2D eigenvalue weighted by molar-refractivity contribution is 5.95. The zero-order valence-electron chi connectivity index (χ0n) is 14.8. The van der Waals surface area contributed by atoms with Crippen molar-refractivity contribution in [1.82, 2.24) is 9.80 Å². The van der Waals surface area contributed by atoms with Crippen LogP contribution in [0, 0.1) is 0 Å². The quantitative estimate of drug-likeness (QED) is 0.855. The highest BCUT2D eigenvalue weighted by Gasteiger charge is 2.23. The maximum Gasteiger partial charge on any atom is 0.253 e. The van der Waals surface area contributed by atoms with E-state index in [1.165, 1.54) is 0 Å². The van der Waals surface area contributed by atoms with E-state index in [9.17, 15) is 4.79 Å². The number of hydrogen-bond donors (Lipinski definition) is 1. The molecule has 1 fully saturated rings. The molecular formula is C18H28N2O4. The zero-order chi connectivity index (χ0) is 17.5. The number of benzene rings is 1. The molecule has 1 amide bonds. The second-order valence-electron chi connectivity index (χ2n) is 6.28. The average Bonchev–Trinajstić information content (AvgIpc) is 2.85. The lowest BCUT2D eigenvalue weighted by atomic mass is 10.1. The molecule has 24 heavy (non-hydrogen) atoms. The van der Waals surface area contributed by atoms with E-state index < -0.39 is 0 Å². The van der Waals surface area contributed by atoms with E-state index in [0.717, 1.165) is 32.4 Å². The fourth-order valence-corrected chi connectivity index (χ4v) is 3.06. The van der Waals surface area contributed by atoms with Gasteiger partial charge in [-0.2, -0.15) is 0 Å². The Kier molecular flexibility index (Phi) is 6.87.